The van der Waals surface area contributed by atoms with Crippen molar-refractivity contribution in [3.8, 4) is 11.5 Å². The second-order valence-corrected chi connectivity index (χ2v) is 5.99. The van der Waals surface area contributed by atoms with Crippen molar-refractivity contribution < 1.29 is 4.74 Å². The Labute approximate surface area is 158 Å². The van der Waals surface area contributed by atoms with Gasteiger partial charge < -0.3 is 15.4 Å². The number of nitrogens with one attached hydrogen (secondary N) is 2. The normalized spacial score (nSPS) is 10.2. The summed E-state index contributed by atoms with van der Waals surface area (Å²) in [6, 6.07) is 31.6. The number of rotatable bonds is 6. The Hall–Kier alpha value is -3.79. The molecule has 0 saturated carbocycles. The molecule has 3 aromatic carbocycles. The lowest BCUT2D eigenvalue weighted by Gasteiger charge is -2.11. The van der Waals surface area contributed by atoms with E-state index in [0.717, 1.165) is 34.4 Å². The largest absolute Gasteiger partial charge is 0.457 e. The van der Waals surface area contributed by atoms with E-state index < -0.39 is 0 Å². The molecule has 4 heteroatoms. The van der Waals surface area contributed by atoms with E-state index in [9.17, 15) is 0 Å². The van der Waals surface area contributed by atoms with Crippen LogP contribution in [0.15, 0.2) is 103 Å². The van der Waals surface area contributed by atoms with E-state index >= 15 is 0 Å². The van der Waals surface area contributed by atoms with Crippen LogP contribution >= 0.6 is 0 Å². The van der Waals surface area contributed by atoms with Crippen LogP contribution in [0.5, 0.6) is 11.5 Å². The zero-order chi connectivity index (χ0) is 18.3. The molecule has 4 rings (SSSR count). The molecule has 0 aliphatic carbocycles. The van der Waals surface area contributed by atoms with Gasteiger partial charge >= 0.3 is 0 Å². The number of hydrogen-bond acceptors (Lipinski definition) is 4. The third-order valence-electron chi connectivity index (χ3n) is 3.91. The maximum absolute atomic E-state index is 6.02. The third kappa shape index (κ3) is 4.64. The first-order chi connectivity index (χ1) is 13.3. The minimum absolute atomic E-state index is 0.722. The molecular formula is C23H19N3O. The number of hydrogen-bond donors (Lipinski definition) is 2. The maximum atomic E-state index is 6.02. The van der Waals surface area contributed by atoms with Gasteiger partial charge in [0.15, 0.2) is 0 Å². The predicted octanol–water partition coefficient (Wildman–Crippen LogP) is 6.36. The summed E-state index contributed by atoms with van der Waals surface area (Å²) in [5, 5.41) is 6.64. The van der Waals surface area contributed by atoms with Crippen LogP contribution in [-0.4, -0.2) is 4.98 Å². The minimum Gasteiger partial charge on any atom is -0.457 e. The van der Waals surface area contributed by atoms with Crippen molar-refractivity contribution in [2.45, 2.75) is 0 Å². The summed E-state index contributed by atoms with van der Waals surface area (Å²) in [4.78, 5) is 4.35. The van der Waals surface area contributed by atoms with Gasteiger partial charge in [-0.2, -0.15) is 0 Å². The highest BCUT2D eigenvalue weighted by atomic mass is 16.5. The van der Waals surface area contributed by atoms with Crippen molar-refractivity contribution in [3.05, 3.63) is 103 Å². The monoisotopic (exact) mass is 353 g/mol. The predicted molar refractivity (Wildman–Crippen MR) is 110 cm³/mol. The van der Waals surface area contributed by atoms with E-state index in [2.05, 4.69) is 15.6 Å². The van der Waals surface area contributed by atoms with Crippen molar-refractivity contribution in [1.82, 2.24) is 4.98 Å². The van der Waals surface area contributed by atoms with Crippen molar-refractivity contribution >= 4 is 22.9 Å². The Morgan fingerprint density at radius 1 is 0.556 bits per heavy atom. The second kappa shape index (κ2) is 8.06. The van der Waals surface area contributed by atoms with Gasteiger partial charge in [0.25, 0.3) is 0 Å². The van der Waals surface area contributed by atoms with Gasteiger partial charge in [-0.1, -0.05) is 42.5 Å². The van der Waals surface area contributed by atoms with E-state index in [-0.39, 0.29) is 0 Å². The molecule has 0 aliphatic heterocycles. The van der Waals surface area contributed by atoms with Crippen molar-refractivity contribution in [2.24, 2.45) is 0 Å². The van der Waals surface area contributed by atoms with Gasteiger partial charge in [0.05, 0.1) is 0 Å². The summed E-state index contributed by atoms with van der Waals surface area (Å²) in [6.45, 7) is 0. The number of benzene rings is 3. The molecule has 4 aromatic rings. The lowest BCUT2D eigenvalue weighted by molar-refractivity contribution is 0.482. The number of ether oxygens (including phenoxy) is 1. The average Bonchev–Trinajstić information content (AvgIpc) is 2.70. The molecule has 0 bridgehead atoms. The van der Waals surface area contributed by atoms with Crippen molar-refractivity contribution in [1.29, 1.82) is 0 Å². The van der Waals surface area contributed by atoms with E-state index in [1.54, 1.807) is 6.20 Å². The highest BCUT2D eigenvalue weighted by molar-refractivity contribution is 5.61. The summed E-state index contributed by atoms with van der Waals surface area (Å²) in [6.07, 6.45) is 1.73. The van der Waals surface area contributed by atoms with Gasteiger partial charge in [0.2, 0.25) is 0 Å². The number of para-hydroxylation sites is 2. The molecule has 132 valence electrons. The van der Waals surface area contributed by atoms with Crippen LogP contribution in [0.4, 0.5) is 22.9 Å². The zero-order valence-electron chi connectivity index (χ0n) is 14.7. The molecule has 0 aliphatic rings. The highest BCUT2D eigenvalue weighted by Gasteiger charge is 2.03. The van der Waals surface area contributed by atoms with Gasteiger partial charge in [-0.15, -0.1) is 0 Å². The molecule has 0 saturated heterocycles. The summed E-state index contributed by atoms with van der Waals surface area (Å²) >= 11 is 0. The van der Waals surface area contributed by atoms with Crippen LogP contribution in [0.1, 0.15) is 0 Å². The first-order valence-electron chi connectivity index (χ1n) is 8.73. The van der Waals surface area contributed by atoms with Crippen LogP contribution in [0.25, 0.3) is 0 Å². The van der Waals surface area contributed by atoms with E-state index in [0.29, 0.717) is 0 Å². The topological polar surface area (TPSA) is 46.2 Å². The number of aromatic nitrogens is 1. The van der Waals surface area contributed by atoms with Crippen molar-refractivity contribution in [2.75, 3.05) is 10.6 Å². The second-order valence-electron chi connectivity index (χ2n) is 5.99. The molecule has 0 atom stereocenters. The van der Waals surface area contributed by atoms with Gasteiger partial charge in [-0.05, 0) is 42.5 Å². The summed E-state index contributed by atoms with van der Waals surface area (Å²) in [5.74, 6) is 2.21. The number of nitrogens with zero attached hydrogens (tertiary/aromatic N) is 1. The van der Waals surface area contributed by atoms with Gasteiger partial charge in [0.1, 0.15) is 17.3 Å². The SMILES string of the molecule is c1ccc(Nc2cccc(Oc3ccnc(Nc4ccccc4)c3)c2)cc1. The fourth-order valence-corrected chi connectivity index (χ4v) is 2.67. The zero-order valence-corrected chi connectivity index (χ0v) is 14.7. The maximum Gasteiger partial charge on any atom is 0.134 e. The Morgan fingerprint density at radius 3 is 1.93 bits per heavy atom. The molecule has 0 unspecified atom stereocenters. The summed E-state index contributed by atoms with van der Waals surface area (Å²) < 4.78 is 6.02. The van der Waals surface area contributed by atoms with E-state index in [4.69, 9.17) is 4.74 Å². The van der Waals surface area contributed by atoms with Gasteiger partial charge in [-0.3, -0.25) is 0 Å². The number of anilines is 4. The molecule has 1 aromatic heterocycles. The fourth-order valence-electron chi connectivity index (χ4n) is 2.67. The molecule has 0 amide bonds. The summed E-state index contributed by atoms with van der Waals surface area (Å²) in [5.41, 5.74) is 2.99. The van der Waals surface area contributed by atoms with Crippen LogP contribution in [0, 0.1) is 0 Å². The minimum atomic E-state index is 0.722. The quantitative estimate of drug-likeness (QED) is 0.423. The lowest BCUT2D eigenvalue weighted by atomic mass is 10.2. The average molecular weight is 353 g/mol. The lowest BCUT2D eigenvalue weighted by Crippen LogP contribution is -1.94. The Bertz CT molecular complexity index is 921. The molecule has 0 spiro atoms. The van der Waals surface area contributed by atoms with Crippen molar-refractivity contribution in [3.63, 3.8) is 0 Å². The Kier molecular flexibility index (Phi) is 4.97. The molecule has 1 heterocycles. The Balaban J connectivity index is 1.47. The Morgan fingerprint density at radius 2 is 1.19 bits per heavy atom. The molecule has 0 radical (unpaired) electrons. The van der Waals surface area contributed by atoms with Crippen LogP contribution in [-0.2, 0) is 0 Å². The smallest absolute Gasteiger partial charge is 0.134 e. The van der Waals surface area contributed by atoms with Crippen LogP contribution < -0.4 is 15.4 Å². The first-order valence-corrected chi connectivity index (χ1v) is 8.73. The molecule has 2 N–H and O–H groups in total. The van der Waals surface area contributed by atoms with E-state index in [1.165, 1.54) is 0 Å². The van der Waals surface area contributed by atoms with Crippen LogP contribution in [0.2, 0.25) is 0 Å². The third-order valence-corrected chi connectivity index (χ3v) is 3.91. The molecule has 4 nitrogen and oxygen atoms in total. The van der Waals surface area contributed by atoms with E-state index in [1.807, 2.05) is 97.1 Å². The molecule has 27 heavy (non-hydrogen) atoms. The molecular weight excluding hydrogens is 334 g/mol. The highest BCUT2D eigenvalue weighted by Crippen LogP contribution is 2.27. The molecule has 0 fully saturated rings. The fraction of sp³-hybridized carbons (Fsp3) is 0. The first kappa shape index (κ1) is 16.7. The van der Waals surface area contributed by atoms with Gasteiger partial charge in [0, 0.05) is 35.4 Å². The number of pyridine rings is 1. The standard InChI is InChI=1S/C23H19N3O/c1-3-8-18(9-4-1)25-20-12-7-13-21(16-20)27-22-14-15-24-23(17-22)26-19-10-5-2-6-11-19/h1-17,25H,(H,24,26). The summed E-state index contributed by atoms with van der Waals surface area (Å²) in [7, 11) is 0. The van der Waals surface area contributed by atoms with Crippen LogP contribution in [0.3, 0.4) is 0 Å². The van der Waals surface area contributed by atoms with Gasteiger partial charge in [-0.25, -0.2) is 4.98 Å².